The molecule has 2 rings (SSSR count). The second-order valence-corrected chi connectivity index (χ2v) is 2.49. The van der Waals surface area contributed by atoms with Crippen molar-refractivity contribution in [3.63, 3.8) is 0 Å². The monoisotopic (exact) mass is 192 g/mol. The molecule has 8 nitrogen and oxygen atoms in total. The molecule has 0 amide bonds. The van der Waals surface area contributed by atoms with Gasteiger partial charge in [-0.05, 0) is 12.2 Å². The summed E-state index contributed by atoms with van der Waals surface area (Å²) < 4.78 is 0. The molecular formula is C6H8N8. The number of hydrogen-bond donors (Lipinski definition) is 4. The summed E-state index contributed by atoms with van der Waals surface area (Å²) in [6.45, 7) is 0. The molecule has 2 heterocycles. The lowest BCUT2D eigenvalue weighted by atomic mass is 10.4. The lowest BCUT2D eigenvalue weighted by Gasteiger charge is -1.81. The van der Waals surface area contributed by atoms with E-state index in [9.17, 15) is 0 Å². The molecular weight excluding hydrogens is 184 g/mol. The van der Waals surface area contributed by atoms with Gasteiger partial charge in [-0.25, -0.2) is 0 Å². The van der Waals surface area contributed by atoms with Crippen LogP contribution in [0.3, 0.4) is 0 Å². The van der Waals surface area contributed by atoms with Crippen molar-refractivity contribution in [3.05, 3.63) is 11.6 Å². The van der Waals surface area contributed by atoms with Crippen LogP contribution in [0.1, 0.15) is 11.6 Å². The number of rotatable bonds is 2. The molecule has 8 heteroatoms. The molecule has 0 aromatic carbocycles. The number of hydrogen-bond acceptors (Lipinski definition) is 6. The Kier molecular flexibility index (Phi) is 1.86. The second kappa shape index (κ2) is 3.17. The van der Waals surface area contributed by atoms with Gasteiger partial charge in [0, 0.05) is 0 Å². The van der Waals surface area contributed by atoms with Crippen LogP contribution in [-0.2, 0) is 0 Å². The van der Waals surface area contributed by atoms with E-state index in [1.807, 2.05) is 0 Å². The highest BCUT2D eigenvalue weighted by Gasteiger charge is 1.96. The Bertz CT molecular complexity index is 410. The molecule has 0 aliphatic carbocycles. The summed E-state index contributed by atoms with van der Waals surface area (Å²) in [6, 6.07) is 0. The minimum Gasteiger partial charge on any atom is -0.366 e. The Morgan fingerprint density at radius 2 is 1.29 bits per heavy atom. The molecule has 0 saturated carbocycles. The molecule has 72 valence electrons. The van der Waals surface area contributed by atoms with E-state index >= 15 is 0 Å². The van der Waals surface area contributed by atoms with E-state index in [0.717, 1.165) is 0 Å². The second-order valence-electron chi connectivity index (χ2n) is 2.49. The summed E-state index contributed by atoms with van der Waals surface area (Å²) >= 11 is 0. The van der Waals surface area contributed by atoms with Crippen molar-refractivity contribution in [2.24, 2.45) is 0 Å². The van der Waals surface area contributed by atoms with Crippen molar-refractivity contribution in [2.75, 3.05) is 11.5 Å². The third kappa shape index (κ3) is 1.68. The van der Waals surface area contributed by atoms with E-state index in [1.54, 1.807) is 12.2 Å². The summed E-state index contributed by atoms with van der Waals surface area (Å²) in [7, 11) is 0. The number of aromatic amines is 2. The zero-order chi connectivity index (χ0) is 9.97. The maximum atomic E-state index is 5.31. The fourth-order valence-electron chi connectivity index (χ4n) is 0.883. The number of anilines is 2. The van der Waals surface area contributed by atoms with Crippen LogP contribution in [-0.4, -0.2) is 30.4 Å². The molecule has 0 aliphatic heterocycles. The Hall–Kier alpha value is -2.38. The number of nitrogens with two attached hydrogens (primary N) is 2. The van der Waals surface area contributed by atoms with Gasteiger partial charge in [0.2, 0.25) is 11.9 Å². The van der Waals surface area contributed by atoms with Crippen LogP contribution in [0.25, 0.3) is 12.2 Å². The molecule has 6 N–H and O–H groups in total. The van der Waals surface area contributed by atoms with Crippen LogP contribution < -0.4 is 11.5 Å². The summed E-state index contributed by atoms with van der Waals surface area (Å²) in [5.74, 6) is 1.47. The van der Waals surface area contributed by atoms with E-state index in [0.29, 0.717) is 11.6 Å². The number of nitrogens with zero attached hydrogens (tertiary/aromatic N) is 4. The predicted octanol–water partition coefficient (Wildman–Crippen LogP) is -0.742. The average molecular weight is 192 g/mol. The van der Waals surface area contributed by atoms with Crippen LogP contribution in [0, 0.1) is 0 Å². The van der Waals surface area contributed by atoms with Gasteiger partial charge in [0.25, 0.3) is 0 Å². The summed E-state index contributed by atoms with van der Waals surface area (Å²) in [6.07, 6.45) is 3.31. The van der Waals surface area contributed by atoms with Gasteiger partial charge in [0.1, 0.15) is 0 Å². The molecule has 0 bridgehead atoms. The van der Waals surface area contributed by atoms with Gasteiger partial charge >= 0.3 is 0 Å². The van der Waals surface area contributed by atoms with E-state index in [4.69, 9.17) is 11.5 Å². The molecule has 0 spiro atoms. The van der Waals surface area contributed by atoms with Gasteiger partial charge in [0.05, 0.1) is 0 Å². The Morgan fingerprint density at radius 1 is 0.857 bits per heavy atom. The highest BCUT2D eigenvalue weighted by atomic mass is 15.3. The minimum atomic E-state index is 0.196. The Morgan fingerprint density at radius 3 is 1.57 bits per heavy atom. The lowest BCUT2D eigenvalue weighted by molar-refractivity contribution is 1.08. The number of H-pyrrole nitrogens is 2. The quantitative estimate of drug-likeness (QED) is 0.494. The molecule has 0 unspecified atom stereocenters. The maximum absolute atomic E-state index is 5.31. The largest absolute Gasteiger partial charge is 0.366 e. The molecule has 2 aromatic heterocycles. The van der Waals surface area contributed by atoms with E-state index in [1.165, 1.54) is 0 Å². The van der Waals surface area contributed by atoms with Crippen LogP contribution in [0.4, 0.5) is 11.9 Å². The van der Waals surface area contributed by atoms with E-state index in [-0.39, 0.29) is 11.9 Å². The molecule has 2 aromatic rings. The zero-order valence-electron chi connectivity index (χ0n) is 7.10. The average Bonchev–Trinajstić information content (AvgIpc) is 2.72. The molecule has 14 heavy (non-hydrogen) atoms. The van der Waals surface area contributed by atoms with Gasteiger partial charge in [-0.3, -0.25) is 10.2 Å². The standard InChI is InChI=1S/C6H8N8/c7-5-9-3(11-13-5)1-2-4-10-6(8)14-12-4/h1-2H,(H3,7,9,11,13)(H3,8,10,12,14). The van der Waals surface area contributed by atoms with Gasteiger partial charge < -0.3 is 11.5 Å². The highest BCUT2D eigenvalue weighted by molar-refractivity contribution is 5.63. The first-order valence-electron chi connectivity index (χ1n) is 3.78. The maximum Gasteiger partial charge on any atom is 0.239 e. The third-order valence-corrected chi connectivity index (χ3v) is 1.44. The van der Waals surface area contributed by atoms with E-state index < -0.39 is 0 Å². The molecule has 0 saturated heterocycles. The van der Waals surface area contributed by atoms with Crippen LogP contribution in [0.5, 0.6) is 0 Å². The van der Waals surface area contributed by atoms with Crippen molar-refractivity contribution in [1.29, 1.82) is 0 Å². The fourth-order valence-corrected chi connectivity index (χ4v) is 0.883. The first kappa shape index (κ1) is 8.23. The van der Waals surface area contributed by atoms with Gasteiger partial charge in [-0.15, -0.1) is 10.2 Å². The van der Waals surface area contributed by atoms with Crippen LogP contribution in [0.15, 0.2) is 0 Å². The van der Waals surface area contributed by atoms with Crippen LogP contribution >= 0.6 is 0 Å². The van der Waals surface area contributed by atoms with Crippen molar-refractivity contribution in [3.8, 4) is 0 Å². The SMILES string of the molecule is Nc1n[nH]c(C=Cc2nc(N)n[nH]2)n1. The predicted molar refractivity (Wildman–Crippen MR) is 50.5 cm³/mol. The Balaban J connectivity index is 2.14. The Labute approximate surface area is 78.4 Å². The summed E-state index contributed by atoms with van der Waals surface area (Å²) in [4.78, 5) is 7.73. The van der Waals surface area contributed by atoms with Crippen molar-refractivity contribution < 1.29 is 0 Å². The van der Waals surface area contributed by atoms with Gasteiger partial charge in [0.15, 0.2) is 11.6 Å². The van der Waals surface area contributed by atoms with Crippen LogP contribution in [0.2, 0.25) is 0 Å². The first-order valence-corrected chi connectivity index (χ1v) is 3.78. The molecule has 0 fully saturated rings. The minimum absolute atomic E-state index is 0.196. The van der Waals surface area contributed by atoms with Gasteiger partial charge in [-0.1, -0.05) is 0 Å². The first-order chi connectivity index (χ1) is 6.74. The van der Waals surface area contributed by atoms with Crippen molar-refractivity contribution in [1.82, 2.24) is 30.4 Å². The van der Waals surface area contributed by atoms with Crippen molar-refractivity contribution >= 4 is 24.0 Å². The molecule has 0 atom stereocenters. The number of aromatic nitrogens is 6. The van der Waals surface area contributed by atoms with Crippen molar-refractivity contribution in [2.45, 2.75) is 0 Å². The normalized spacial score (nSPS) is 11.1. The highest BCUT2D eigenvalue weighted by Crippen LogP contribution is 2.01. The third-order valence-electron chi connectivity index (χ3n) is 1.44. The summed E-state index contributed by atoms with van der Waals surface area (Å²) in [5, 5.41) is 12.5. The van der Waals surface area contributed by atoms with Gasteiger partial charge in [-0.2, -0.15) is 9.97 Å². The molecule has 0 aliphatic rings. The van der Waals surface area contributed by atoms with E-state index in [2.05, 4.69) is 30.4 Å². The number of nitrogens with one attached hydrogen (secondary N) is 2. The topological polar surface area (TPSA) is 135 Å². The zero-order valence-corrected chi connectivity index (χ0v) is 7.10. The lowest BCUT2D eigenvalue weighted by Crippen LogP contribution is -1.85. The summed E-state index contributed by atoms with van der Waals surface area (Å²) in [5.41, 5.74) is 10.6. The fraction of sp³-hybridized carbons (Fsp3) is 0. The smallest absolute Gasteiger partial charge is 0.239 e. The molecule has 0 radical (unpaired) electrons. The number of nitrogen functional groups attached to an aromatic ring is 2.